The Kier molecular flexibility index (Phi) is 4.81. The quantitative estimate of drug-likeness (QED) is 0.476. The zero-order valence-electron chi connectivity index (χ0n) is 16.8. The Labute approximate surface area is 174 Å². The van der Waals surface area contributed by atoms with Gasteiger partial charge in [-0.1, -0.05) is 30.3 Å². The third kappa shape index (κ3) is 3.48. The Balaban J connectivity index is 1.52. The Morgan fingerprint density at radius 3 is 2.60 bits per heavy atom. The standard InChI is InChI=1S/C25H22N2O3/c1-17-20-7-8-23-22(15-27(16-29-23)14-19-9-11-26-12-10-19)24(20)30-25(28)21(17)13-18-5-3-2-4-6-18/h2-12H,13-16H2,1H3. The summed E-state index contributed by atoms with van der Waals surface area (Å²) >= 11 is 0. The molecule has 0 saturated heterocycles. The molecule has 150 valence electrons. The van der Waals surface area contributed by atoms with Gasteiger partial charge in [-0.05, 0) is 47.9 Å². The highest BCUT2D eigenvalue weighted by Crippen LogP contribution is 2.34. The average molecular weight is 398 g/mol. The molecule has 2 aromatic carbocycles. The normalized spacial score (nSPS) is 13.8. The third-order valence-corrected chi connectivity index (χ3v) is 5.68. The number of aryl methyl sites for hydroxylation is 1. The van der Waals surface area contributed by atoms with Crippen LogP contribution in [0, 0.1) is 6.92 Å². The van der Waals surface area contributed by atoms with E-state index in [1.165, 1.54) is 5.56 Å². The zero-order chi connectivity index (χ0) is 20.5. The fraction of sp³-hybridized carbons (Fsp3) is 0.200. The lowest BCUT2D eigenvalue weighted by Crippen LogP contribution is -2.31. The van der Waals surface area contributed by atoms with E-state index in [-0.39, 0.29) is 5.63 Å². The zero-order valence-corrected chi connectivity index (χ0v) is 16.8. The van der Waals surface area contributed by atoms with Crippen LogP contribution in [-0.2, 0) is 19.5 Å². The number of hydrogen-bond donors (Lipinski definition) is 0. The summed E-state index contributed by atoms with van der Waals surface area (Å²) in [7, 11) is 0. The fourth-order valence-electron chi connectivity index (χ4n) is 4.06. The first-order valence-electron chi connectivity index (χ1n) is 10.0. The number of hydrogen-bond acceptors (Lipinski definition) is 5. The number of ether oxygens (including phenoxy) is 1. The van der Waals surface area contributed by atoms with Crippen molar-refractivity contribution in [1.82, 2.24) is 9.88 Å². The van der Waals surface area contributed by atoms with Gasteiger partial charge in [-0.2, -0.15) is 0 Å². The van der Waals surface area contributed by atoms with Crippen LogP contribution < -0.4 is 10.4 Å². The van der Waals surface area contributed by atoms with Crippen molar-refractivity contribution in [2.75, 3.05) is 6.73 Å². The number of pyridine rings is 1. The topological polar surface area (TPSA) is 55.6 Å². The summed E-state index contributed by atoms with van der Waals surface area (Å²) in [6, 6.07) is 18.0. The van der Waals surface area contributed by atoms with Gasteiger partial charge in [-0.3, -0.25) is 9.88 Å². The van der Waals surface area contributed by atoms with E-state index in [2.05, 4.69) is 9.88 Å². The molecule has 30 heavy (non-hydrogen) atoms. The Bertz CT molecular complexity index is 1250. The molecule has 5 rings (SSSR count). The molecule has 4 aromatic rings. The van der Waals surface area contributed by atoms with Crippen LogP contribution in [0.2, 0.25) is 0 Å². The van der Waals surface area contributed by atoms with Gasteiger partial charge in [-0.15, -0.1) is 0 Å². The smallest absolute Gasteiger partial charge is 0.340 e. The molecule has 0 fully saturated rings. The van der Waals surface area contributed by atoms with Crippen LogP contribution in [0.15, 0.2) is 76.2 Å². The van der Waals surface area contributed by atoms with E-state index in [0.717, 1.165) is 34.4 Å². The first-order valence-corrected chi connectivity index (χ1v) is 10.0. The fourth-order valence-corrected chi connectivity index (χ4v) is 4.06. The lowest BCUT2D eigenvalue weighted by molar-refractivity contribution is 0.0889. The molecule has 0 saturated carbocycles. The summed E-state index contributed by atoms with van der Waals surface area (Å²) in [5, 5.41) is 0.966. The number of aromatic nitrogens is 1. The second kappa shape index (κ2) is 7.76. The summed E-state index contributed by atoms with van der Waals surface area (Å²) in [6.45, 7) is 3.90. The van der Waals surface area contributed by atoms with Crippen LogP contribution in [0.5, 0.6) is 5.75 Å². The third-order valence-electron chi connectivity index (χ3n) is 5.68. The molecule has 0 radical (unpaired) electrons. The van der Waals surface area contributed by atoms with Gasteiger partial charge in [0.05, 0.1) is 5.56 Å². The van der Waals surface area contributed by atoms with Crippen LogP contribution in [0.3, 0.4) is 0 Å². The molecule has 0 spiro atoms. The molecule has 1 aliphatic heterocycles. The average Bonchev–Trinajstić information content (AvgIpc) is 2.78. The minimum Gasteiger partial charge on any atom is -0.478 e. The van der Waals surface area contributed by atoms with Crippen molar-refractivity contribution in [3.05, 3.63) is 105 Å². The maximum atomic E-state index is 12.9. The van der Waals surface area contributed by atoms with Crippen molar-refractivity contribution in [2.24, 2.45) is 0 Å². The van der Waals surface area contributed by atoms with Crippen LogP contribution in [0.4, 0.5) is 0 Å². The van der Waals surface area contributed by atoms with Gasteiger partial charge < -0.3 is 9.15 Å². The molecule has 0 atom stereocenters. The summed E-state index contributed by atoms with van der Waals surface area (Å²) in [4.78, 5) is 19.1. The molecule has 1 aliphatic rings. The van der Waals surface area contributed by atoms with E-state index >= 15 is 0 Å². The highest BCUT2D eigenvalue weighted by atomic mass is 16.5. The van der Waals surface area contributed by atoms with E-state index in [0.29, 0.717) is 30.8 Å². The lowest BCUT2D eigenvalue weighted by Gasteiger charge is -2.29. The molecular weight excluding hydrogens is 376 g/mol. The molecule has 0 bridgehead atoms. The predicted octanol–water partition coefficient (Wildman–Crippen LogP) is 4.44. The number of fused-ring (bicyclic) bond motifs is 3. The predicted molar refractivity (Wildman–Crippen MR) is 115 cm³/mol. The summed E-state index contributed by atoms with van der Waals surface area (Å²) in [5.41, 5.74) is 5.23. The monoisotopic (exact) mass is 398 g/mol. The van der Waals surface area contributed by atoms with Gasteiger partial charge in [0.1, 0.15) is 18.1 Å². The number of nitrogens with zero attached hydrogens (tertiary/aromatic N) is 2. The molecule has 5 nitrogen and oxygen atoms in total. The first kappa shape index (κ1) is 18.6. The summed E-state index contributed by atoms with van der Waals surface area (Å²) in [5.74, 6) is 0.784. The lowest BCUT2D eigenvalue weighted by atomic mass is 9.97. The van der Waals surface area contributed by atoms with Gasteiger partial charge in [0, 0.05) is 42.9 Å². The van der Waals surface area contributed by atoms with E-state index < -0.39 is 0 Å². The minimum absolute atomic E-state index is 0.275. The Hall–Kier alpha value is -3.44. The van der Waals surface area contributed by atoms with Gasteiger partial charge in [0.15, 0.2) is 0 Å². The van der Waals surface area contributed by atoms with Crippen LogP contribution >= 0.6 is 0 Å². The Morgan fingerprint density at radius 2 is 1.80 bits per heavy atom. The molecular formula is C25H22N2O3. The first-order chi connectivity index (χ1) is 14.7. The number of benzene rings is 2. The van der Waals surface area contributed by atoms with Crippen molar-refractivity contribution in [3.8, 4) is 5.75 Å². The highest BCUT2D eigenvalue weighted by Gasteiger charge is 2.23. The van der Waals surface area contributed by atoms with Crippen molar-refractivity contribution in [2.45, 2.75) is 26.4 Å². The molecule has 5 heteroatoms. The molecule has 0 amide bonds. The van der Waals surface area contributed by atoms with Gasteiger partial charge >= 0.3 is 5.63 Å². The summed E-state index contributed by atoms with van der Waals surface area (Å²) < 4.78 is 11.8. The largest absolute Gasteiger partial charge is 0.478 e. The molecule has 0 N–H and O–H groups in total. The van der Waals surface area contributed by atoms with Crippen molar-refractivity contribution in [3.63, 3.8) is 0 Å². The van der Waals surface area contributed by atoms with Gasteiger partial charge in [-0.25, -0.2) is 4.79 Å². The Morgan fingerprint density at radius 1 is 1.00 bits per heavy atom. The second-order valence-electron chi connectivity index (χ2n) is 7.69. The molecule has 0 unspecified atom stereocenters. The second-order valence-corrected chi connectivity index (χ2v) is 7.69. The summed E-state index contributed by atoms with van der Waals surface area (Å²) in [6.07, 6.45) is 4.15. The molecule has 3 heterocycles. The van der Waals surface area contributed by atoms with E-state index in [1.54, 1.807) is 12.4 Å². The van der Waals surface area contributed by atoms with Crippen LogP contribution in [0.25, 0.3) is 11.0 Å². The maximum Gasteiger partial charge on any atom is 0.340 e. The SMILES string of the molecule is Cc1c(Cc2ccccc2)c(=O)oc2c3c(ccc12)OCN(Cc1ccncc1)C3. The number of rotatable bonds is 4. The molecule has 0 aliphatic carbocycles. The van der Waals surface area contributed by atoms with E-state index in [4.69, 9.17) is 9.15 Å². The highest BCUT2D eigenvalue weighted by molar-refractivity contribution is 5.86. The molecule has 2 aromatic heterocycles. The van der Waals surface area contributed by atoms with Crippen LogP contribution in [-0.4, -0.2) is 16.6 Å². The van der Waals surface area contributed by atoms with Crippen molar-refractivity contribution in [1.29, 1.82) is 0 Å². The maximum absolute atomic E-state index is 12.9. The van der Waals surface area contributed by atoms with Gasteiger partial charge in [0.25, 0.3) is 0 Å². The van der Waals surface area contributed by atoms with E-state index in [1.807, 2.05) is 61.5 Å². The van der Waals surface area contributed by atoms with Crippen molar-refractivity contribution >= 4 is 11.0 Å². The van der Waals surface area contributed by atoms with Crippen molar-refractivity contribution < 1.29 is 9.15 Å². The van der Waals surface area contributed by atoms with Gasteiger partial charge in [0.2, 0.25) is 0 Å². The van der Waals surface area contributed by atoms with E-state index in [9.17, 15) is 4.79 Å². The van der Waals surface area contributed by atoms with Crippen LogP contribution in [0.1, 0.15) is 27.8 Å². The minimum atomic E-state index is -0.275.